The van der Waals surface area contributed by atoms with Crippen LogP contribution < -0.4 is 5.32 Å². The molecule has 2 rings (SSSR count). The highest BCUT2D eigenvalue weighted by Crippen LogP contribution is 2.17. The first kappa shape index (κ1) is 15.4. The van der Waals surface area contributed by atoms with Gasteiger partial charge in [0.1, 0.15) is 5.82 Å². The summed E-state index contributed by atoms with van der Waals surface area (Å²) in [6.45, 7) is 6.45. The third kappa shape index (κ3) is 4.54. The second kappa shape index (κ2) is 7.72. The molecule has 112 valence electrons. The lowest BCUT2D eigenvalue weighted by molar-refractivity contribution is -0.0526. The van der Waals surface area contributed by atoms with Crippen molar-refractivity contribution < 1.29 is 13.9 Å². The number of aryl methyl sites for hydroxylation is 1. The van der Waals surface area contributed by atoms with Gasteiger partial charge in [0, 0.05) is 12.5 Å². The molecule has 1 aliphatic rings. The average Bonchev–Trinajstić information content (AvgIpc) is 2.93. The molecule has 4 heteroatoms. The van der Waals surface area contributed by atoms with Crippen LogP contribution in [0.3, 0.4) is 0 Å². The summed E-state index contributed by atoms with van der Waals surface area (Å²) in [4.78, 5) is 0. The molecular formula is C16H24FNO2. The lowest BCUT2D eigenvalue weighted by Crippen LogP contribution is -2.35. The van der Waals surface area contributed by atoms with E-state index >= 15 is 0 Å². The number of hydrogen-bond acceptors (Lipinski definition) is 3. The van der Waals surface area contributed by atoms with E-state index in [1.54, 1.807) is 6.07 Å². The van der Waals surface area contributed by atoms with E-state index in [1.165, 1.54) is 6.07 Å². The zero-order valence-electron chi connectivity index (χ0n) is 12.3. The highest BCUT2D eigenvalue weighted by atomic mass is 19.1. The van der Waals surface area contributed by atoms with E-state index in [2.05, 4.69) is 12.2 Å². The maximum absolute atomic E-state index is 13.4. The van der Waals surface area contributed by atoms with Crippen molar-refractivity contribution in [3.63, 3.8) is 0 Å². The van der Waals surface area contributed by atoms with Crippen LogP contribution in [-0.4, -0.2) is 32.1 Å². The molecule has 0 amide bonds. The SMILES string of the molecule is CCCNC(Cc1cc(F)ccc1C)CC1OCCO1. The predicted molar refractivity (Wildman–Crippen MR) is 77.2 cm³/mol. The van der Waals surface area contributed by atoms with E-state index in [0.29, 0.717) is 13.2 Å². The number of halogens is 1. The minimum Gasteiger partial charge on any atom is -0.350 e. The van der Waals surface area contributed by atoms with Crippen LogP contribution >= 0.6 is 0 Å². The first-order chi connectivity index (χ1) is 9.69. The molecule has 0 saturated carbocycles. The maximum Gasteiger partial charge on any atom is 0.159 e. The normalized spacial score (nSPS) is 17.6. The molecule has 0 bridgehead atoms. The maximum atomic E-state index is 13.4. The Bertz CT molecular complexity index is 419. The van der Waals surface area contributed by atoms with Crippen LogP contribution in [0.15, 0.2) is 18.2 Å². The second-order valence-electron chi connectivity index (χ2n) is 5.33. The summed E-state index contributed by atoms with van der Waals surface area (Å²) in [5.41, 5.74) is 2.18. The molecule has 1 aromatic carbocycles. The number of nitrogens with one attached hydrogen (secondary N) is 1. The lowest BCUT2D eigenvalue weighted by Gasteiger charge is -2.22. The van der Waals surface area contributed by atoms with E-state index in [0.717, 1.165) is 36.9 Å². The van der Waals surface area contributed by atoms with E-state index in [4.69, 9.17) is 9.47 Å². The van der Waals surface area contributed by atoms with E-state index in [-0.39, 0.29) is 18.1 Å². The van der Waals surface area contributed by atoms with Gasteiger partial charge in [-0.15, -0.1) is 0 Å². The molecule has 20 heavy (non-hydrogen) atoms. The molecule has 3 nitrogen and oxygen atoms in total. The van der Waals surface area contributed by atoms with Crippen LogP contribution in [0.25, 0.3) is 0 Å². The van der Waals surface area contributed by atoms with Crippen molar-refractivity contribution >= 4 is 0 Å². The average molecular weight is 281 g/mol. The Morgan fingerprint density at radius 3 is 2.80 bits per heavy atom. The Hall–Kier alpha value is -0.970. The van der Waals surface area contributed by atoms with Crippen molar-refractivity contribution in [2.24, 2.45) is 0 Å². The summed E-state index contributed by atoms with van der Waals surface area (Å²) >= 11 is 0. The Morgan fingerprint density at radius 2 is 2.10 bits per heavy atom. The van der Waals surface area contributed by atoms with Gasteiger partial charge in [0.05, 0.1) is 13.2 Å². The third-order valence-corrected chi connectivity index (χ3v) is 3.63. The molecule has 1 heterocycles. The summed E-state index contributed by atoms with van der Waals surface area (Å²) in [6, 6.07) is 5.23. The van der Waals surface area contributed by atoms with E-state index in [1.807, 2.05) is 13.0 Å². The fourth-order valence-corrected chi connectivity index (χ4v) is 2.49. The Labute approximate surface area is 120 Å². The van der Waals surface area contributed by atoms with Crippen LogP contribution in [0, 0.1) is 12.7 Å². The minimum absolute atomic E-state index is 0.127. The molecule has 0 aliphatic carbocycles. The quantitative estimate of drug-likeness (QED) is 0.833. The first-order valence-corrected chi connectivity index (χ1v) is 7.40. The standard InChI is InChI=1S/C16H24FNO2/c1-3-6-18-15(11-16-19-7-8-20-16)10-13-9-14(17)5-4-12(13)2/h4-5,9,15-16,18H,3,6-8,10-11H2,1-2H3. The number of benzene rings is 1. The van der Waals surface area contributed by atoms with Crippen molar-refractivity contribution in [3.05, 3.63) is 35.1 Å². The van der Waals surface area contributed by atoms with Gasteiger partial charge in [0.25, 0.3) is 0 Å². The van der Waals surface area contributed by atoms with E-state index in [9.17, 15) is 4.39 Å². The number of hydrogen-bond donors (Lipinski definition) is 1. The van der Waals surface area contributed by atoms with Crippen LogP contribution in [0.4, 0.5) is 4.39 Å². The summed E-state index contributed by atoms with van der Waals surface area (Å²) in [7, 11) is 0. The monoisotopic (exact) mass is 281 g/mol. The van der Waals surface area contributed by atoms with E-state index < -0.39 is 0 Å². The van der Waals surface area contributed by atoms with Crippen LogP contribution in [0.2, 0.25) is 0 Å². The van der Waals surface area contributed by atoms with Crippen molar-refractivity contribution in [1.82, 2.24) is 5.32 Å². The van der Waals surface area contributed by atoms with Gasteiger partial charge in [-0.25, -0.2) is 4.39 Å². The highest BCUT2D eigenvalue weighted by molar-refractivity contribution is 5.27. The van der Waals surface area contributed by atoms with Gasteiger partial charge in [-0.3, -0.25) is 0 Å². The van der Waals surface area contributed by atoms with Crippen molar-refractivity contribution in [1.29, 1.82) is 0 Å². The molecule has 1 unspecified atom stereocenters. The highest BCUT2D eigenvalue weighted by Gasteiger charge is 2.21. The van der Waals surface area contributed by atoms with Crippen LogP contribution in [0.1, 0.15) is 30.9 Å². The Kier molecular flexibility index (Phi) is 5.95. The van der Waals surface area contributed by atoms with Gasteiger partial charge in [0.2, 0.25) is 0 Å². The first-order valence-electron chi connectivity index (χ1n) is 7.40. The molecule has 0 radical (unpaired) electrons. The molecular weight excluding hydrogens is 257 g/mol. The smallest absolute Gasteiger partial charge is 0.159 e. The largest absolute Gasteiger partial charge is 0.350 e. The lowest BCUT2D eigenvalue weighted by atomic mass is 9.98. The van der Waals surface area contributed by atoms with Crippen molar-refractivity contribution in [2.45, 2.75) is 45.4 Å². The fourth-order valence-electron chi connectivity index (χ4n) is 2.49. The number of rotatable bonds is 7. The molecule has 1 N–H and O–H groups in total. The topological polar surface area (TPSA) is 30.5 Å². The molecule has 1 atom stereocenters. The van der Waals surface area contributed by atoms with Crippen molar-refractivity contribution in [3.8, 4) is 0 Å². The summed E-state index contributed by atoms with van der Waals surface area (Å²) in [6.07, 6.45) is 2.55. The van der Waals surface area contributed by atoms with Gasteiger partial charge in [-0.2, -0.15) is 0 Å². The van der Waals surface area contributed by atoms with Gasteiger partial charge in [-0.1, -0.05) is 13.0 Å². The Balaban J connectivity index is 1.99. The van der Waals surface area contributed by atoms with Gasteiger partial charge in [-0.05, 0) is 49.6 Å². The van der Waals surface area contributed by atoms with Crippen molar-refractivity contribution in [2.75, 3.05) is 19.8 Å². The predicted octanol–water partition coefficient (Wildman–Crippen LogP) is 2.81. The van der Waals surface area contributed by atoms with Gasteiger partial charge < -0.3 is 14.8 Å². The second-order valence-corrected chi connectivity index (χ2v) is 5.33. The minimum atomic E-state index is -0.173. The molecule has 1 saturated heterocycles. The summed E-state index contributed by atoms with van der Waals surface area (Å²) in [5, 5.41) is 3.51. The molecule has 1 aliphatic heterocycles. The van der Waals surface area contributed by atoms with Gasteiger partial charge in [0.15, 0.2) is 6.29 Å². The van der Waals surface area contributed by atoms with Crippen LogP contribution in [-0.2, 0) is 15.9 Å². The van der Waals surface area contributed by atoms with Gasteiger partial charge >= 0.3 is 0 Å². The zero-order valence-corrected chi connectivity index (χ0v) is 12.3. The number of ether oxygens (including phenoxy) is 2. The van der Waals surface area contributed by atoms with Crippen LogP contribution in [0.5, 0.6) is 0 Å². The Morgan fingerprint density at radius 1 is 1.35 bits per heavy atom. The summed E-state index contributed by atoms with van der Waals surface area (Å²) in [5.74, 6) is -0.173. The molecule has 1 aromatic rings. The fraction of sp³-hybridized carbons (Fsp3) is 0.625. The zero-order chi connectivity index (χ0) is 14.4. The molecule has 0 aromatic heterocycles. The third-order valence-electron chi connectivity index (χ3n) is 3.63. The summed E-state index contributed by atoms with van der Waals surface area (Å²) < 4.78 is 24.4. The molecule has 0 spiro atoms. The molecule has 1 fully saturated rings.